The van der Waals surface area contributed by atoms with Crippen LogP contribution in [0.25, 0.3) is 0 Å². The molecule has 2 fully saturated rings. The highest BCUT2D eigenvalue weighted by Crippen LogP contribution is 2.48. The van der Waals surface area contributed by atoms with Crippen LogP contribution in [0.2, 0.25) is 0 Å². The van der Waals surface area contributed by atoms with Crippen molar-refractivity contribution >= 4 is 47.1 Å². The number of nitrogens with zero attached hydrogens (tertiary/aromatic N) is 7. The van der Waals surface area contributed by atoms with Crippen molar-refractivity contribution in [3.05, 3.63) is 63.6 Å². The number of alkyl halides is 2. The van der Waals surface area contributed by atoms with E-state index in [1.807, 2.05) is 23.2 Å². The van der Waals surface area contributed by atoms with Crippen LogP contribution in [-0.4, -0.2) is 184 Å². The van der Waals surface area contributed by atoms with Crippen LogP contribution >= 0.6 is 0 Å². The third-order valence-electron chi connectivity index (χ3n) is 15.3. The molecular weight excluding hydrogens is 965 g/mol. The lowest BCUT2D eigenvalue weighted by Gasteiger charge is -2.42. The van der Waals surface area contributed by atoms with Gasteiger partial charge in [0, 0.05) is 101 Å². The third kappa shape index (κ3) is 11.6. The Hall–Kier alpha value is -6.01. The molecule has 1 aromatic carbocycles. The van der Waals surface area contributed by atoms with E-state index in [2.05, 4.69) is 31.0 Å². The maximum Gasteiger partial charge on any atom is 0.317 e. The van der Waals surface area contributed by atoms with Crippen molar-refractivity contribution in [3.8, 4) is 0 Å². The smallest absolute Gasteiger partial charge is 0.317 e. The van der Waals surface area contributed by atoms with E-state index in [1.165, 1.54) is 5.57 Å². The predicted molar refractivity (Wildman–Crippen MR) is 265 cm³/mol. The summed E-state index contributed by atoms with van der Waals surface area (Å²) in [7, 11) is 3.52. The second-order valence-electron chi connectivity index (χ2n) is 19.8. The van der Waals surface area contributed by atoms with Gasteiger partial charge in [0.05, 0.1) is 83.0 Å². The van der Waals surface area contributed by atoms with E-state index in [0.717, 1.165) is 58.9 Å². The van der Waals surface area contributed by atoms with Crippen LogP contribution in [-0.2, 0) is 46.3 Å². The van der Waals surface area contributed by atoms with Crippen LogP contribution < -0.4 is 26.3 Å². The van der Waals surface area contributed by atoms with Crippen LogP contribution in [0.1, 0.15) is 95.8 Å². The Bertz CT molecular complexity index is 2500. The quantitative estimate of drug-likeness (QED) is 0.104. The second kappa shape index (κ2) is 24.1. The average molecular weight is 1030 g/mol. The predicted octanol–water partition coefficient (Wildman–Crippen LogP) is 3.19. The van der Waals surface area contributed by atoms with Gasteiger partial charge in [0.15, 0.2) is 5.82 Å². The Labute approximate surface area is 429 Å². The molecule has 402 valence electrons. The van der Waals surface area contributed by atoms with E-state index >= 15 is 0 Å². The molecule has 21 nitrogen and oxygen atoms in total. The number of fused-ring (bicyclic) bond motifs is 2. The van der Waals surface area contributed by atoms with E-state index in [9.17, 15) is 37.5 Å². The van der Waals surface area contributed by atoms with Crippen LogP contribution in [0.15, 0.2) is 41.2 Å². The van der Waals surface area contributed by atoms with Gasteiger partial charge < -0.3 is 49.3 Å². The standard InChI is InChI=1S/C51H69F2N11O10/c1-54-51(70)61-18-12-40-38(31-61)47(62-15-4-5-32-27-36(33-29-56-59(2)30-33)37(46(52)53)28-42(32)62)58-64(40)34-10-16-60(17-11-34)44(66)13-19-71-21-23-73-25-26-74-24-22-72-20-14-55-39-7-3-6-35-45(39)50(69)63(49(35)68)41-8-9-43(65)57-48(41)67/h3,6-7,30,34,36-37,41,46,55-56H,4-5,8-29,31H2,1-2H3,(H,54,70)(H,57,65,67). The number of hydrazine groups is 1. The zero-order valence-corrected chi connectivity index (χ0v) is 42.3. The number of ether oxygens (including phenoxy) is 4. The first-order valence-electron chi connectivity index (χ1n) is 26.1. The summed E-state index contributed by atoms with van der Waals surface area (Å²) >= 11 is 0. The topological polar surface area (TPSA) is 221 Å². The number of nitrogens with one attached hydrogen (secondary N) is 4. The highest BCUT2D eigenvalue weighted by Gasteiger charge is 2.46. The summed E-state index contributed by atoms with van der Waals surface area (Å²) in [6, 6.07) is 3.75. The molecule has 3 atom stereocenters. The molecule has 1 aromatic heterocycles. The van der Waals surface area contributed by atoms with Gasteiger partial charge in [0.2, 0.25) is 24.1 Å². The first-order valence-corrected chi connectivity index (χ1v) is 26.1. The second-order valence-corrected chi connectivity index (χ2v) is 19.8. The number of rotatable bonds is 21. The number of imide groups is 2. The van der Waals surface area contributed by atoms with Gasteiger partial charge in [-0.15, -0.1) is 0 Å². The Morgan fingerprint density at radius 2 is 1.58 bits per heavy atom. The molecule has 9 rings (SSSR count). The zero-order chi connectivity index (χ0) is 51.9. The number of likely N-dealkylation sites (tertiary alicyclic amines) is 1. The maximum atomic E-state index is 14.9. The highest BCUT2D eigenvalue weighted by atomic mass is 19.3. The summed E-state index contributed by atoms with van der Waals surface area (Å²) in [5.74, 6) is -2.45. The minimum Gasteiger partial charge on any atom is -0.382 e. The van der Waals surface area contributed by atoms with Gasteiger partial charge >= 0.3 is 6.03 Å². The van der Waals surface area contributed by atoms with Crippen LogP contribution in [0, 0.1) is 11.8 Å². The van der Waals surface area contributed by atoms with E-state index in [1.54, 1.807) is 30.1 Å². The molecule has 23 heteroatoms. The first kappa shape index (κ1) is 52.8. The largest absolute Gasteiger partial charge is 0.382 e. The number of benzene rings is 1. The number of piperidine rings is 2. The van der Waals surface area contributed by atoms with Gasteiger partial charge in [-0.2, -0.15) is 5.10 Å². The van der Waals surface area contributed by atoms with E-state index in [0.29, 0.717) is 111 Å². The number of anilines is 2. The van der Waals surface area contributed by atoms with Gasteiger partial charge in [-0.25, -0.2) is 19.0 Å². The Morgan fingerprint density at radius 1 is 0.851 bits per heavy atom. The van der Waals surface area contributed by atoms with Crippen LogP contribution in [0.4, 0.5) is 25.1 Å². The van der Waals surface area contributed by atoms with Gasteiger partial charge in [-0.1, -0.05) is 6.07 Å². The van der Waals surface area contributed by atoms with E-state index in [-0.39, 0.29) is 67.3 Å². The molecule has 1 aliphatic carbocycles. The number of urea groups is 1. The lowest BCUT2D eigenvalue weighted by Crippen LogP contribution is -2.54. The molecule has 2 aromatic rings. The number of carbonyl (C=O) groups is 6. The fraction of sp³-hybridized carbons (Fsp3) is 0.627. The van der Waals surface area contributed by atoms with Gasteiger partial charge in [-0.05, 0) is 74.1 Å². The number of allylic oxidation sites excluding steroid dienone is 2. The highest BCUT2D eigenvalue weighted by molar-refractivity contribution is 6.25. The lowest BCUT2D eigenvalue weighted by molar-refractivity contribution is -0.136. The van der Waals surface area contributed by atoms with Crippen molar-refractivity contribution in [1.29, 1.82) is 0 Å². The third-order valence-corrected chi connectivity index (χ3v) is 15.3. The van der Waals surface area contributed by atoms with Gasteiger partial charge in [0.1, 0.15) is 6.04 Å². The summed E-state index contributed by atoms with van der Waals surface area (Å²) in [4.78, 5) is 83.3. The molecule has 2 saturated heterocycles. The van der Waals surface area contributed by atoms with Gasteiger partial charge in [-0.3, -0.25) is 38.9 Å². The molecule has 7 heterocycles. The zero-order valence-electron chi connectivity index (χ0n) is 42.3. The molecule has 4 N–H and O–H groups in total. The normalized spacial score (nSPS) is 22.4. The number of carbonyl (C=O) groups excluding carboxylic acids is 6. The van der Waals surface area contributed by atoms with E-state index in [4.69, 9.17) is 24.0 Å². The van der Waals surface area contributed by atoms with Crippen molar-refractivity contribution in [3.63, 3.8) is 0 Å². The number of aromatic nitrogens is 2. The minimum absolute atomic E-state index is 0.0291. The summed E-state index contributed by atoms with van der Waals surface area (Å²) in [5.41, 5.74) is 9.36. The molecule has 0 radical (unpaired) electrons. The molecule has 7 amide bonds. The molecule has 0 bridgehead atoms. The minimum atomic E-state index is -2.46. The fourth-order valence-corrected chi connectivity index (χ4v) is 11.5. The summed E-state index contributed by atoms with van der Waals surface area (Å²) in [6.07, 6.45) is 4.62. The Morgan fingerprint density at radius 3 is 2.27 bits per heavy atom. The molecular formula is C51H69F2N11O10. The summed E-state index contributed by atoms with van der Waals surface area (Å²) in [5, 5.41) is 15.3. The summed E-state index contributed by atoms with van der Waals surface area (Å²) in [6.45, 7) is 6.36. The molecule has 0 saturated carbocycles. The van der Waals surface area contributed by atoms with Crippen LogP contribution in [0.5, 0.6) is 0 Å². The number of halogens is 2. The van der Waals surface area contributed by atoms with Gasteiger partial charge in [0.25, 0.3) is 11.8 Å². The Kier molecular flexibility index (Phi) is 17.2. The molecule has 74 heavy (non-hydrogen) atoms. The lowest BCUT2D eigenvalue weighted by atomic mass is 9.72. The van der Waals surface area contributed by atoms with Crippen molar-refractivity contribution < 1.29 is 56.5 Å². The fourth-order valence-electron chi connectivity index (χ4n) is 11.5. The van der Waals surface area contributed by atoms with Crippen LogP contribution in [0.3, 0.4) is 0 Å². The van der Waals surface area contributed by atoms with Crippen molar-refractivity contribution in [1.82, 2.24) is 45.5 Å². The van der Waals surface area contributed by atoms with Crippen molar-refractivity contribution in [2.75, 3.05) is 116 Å². The number of amides is 7. The first-order chi connectivity index (χ1) is 35.9. The van der Waals surface area contributed by atoms with E-state index < -0.39 is 42.0 Å². The number of hydrogen-bond acceptors (Lipinski definition) is 15. The average Bonchev–Trinajstić information content (AvgIpc) is 4.09. The Balaban J connectivity index is 0.660. The molecule has 3 unspecified atom stereocenters. The summed E-state index contributed by atoms with van der Waals surface area (Å²) < 4.78 is 54.5. The number of hydrogen-bond donors (Lipinski definition) is 4. The van der Waals surface area contributed by atoms with Crippen molar-refractivity contribution in [2.24, 2.45) is 11.8 Å². The monoisotopic (exact) mass is 1030 g/mol. The molecule has 7 aliphatic rings. The SMILES string of the molecule is CNC(=O)N1CCc2c(c(N3CCCC4=C3CC(C(F)F)C(C3=CN(C)NC3)C4)nn2C2CCN(C(=O)CCOCCOCCOCCOCCNc3cccc4c3C(=O)N(C3CCC(=O)NC3=O)C4=O)CC2)C1. The maximum absolute atomic E-state index is 14.9. The van der Waals surface area contributed by atoms with Crippen molar-refractivity contribution in [2.45, 2.75) is 89.3 Å². The molecule has 0 spiro atoms. The molecule has 6 aliphatic heterocycles.